The van der Waals surface area contributed by atoms with Gasteiger partial charge in [-0.1, -0.05) is 13.8 Å². The molecule has 1 heterocycles. The Hall–Kier alpha value is -1.16. The number of hydrogen-bond donors (Lipinski definition) is 1. The largest absolute Gasteiger partial charge is 0.358 e. The third kappa shape index (κ3) is 3.97. The molecule has 1 aliphatic carbocycles. The van der Waals surface area contributed by atoms with Crippen molar-refractivity contribution in [2.75, 3.05) is 18.5 Å². The van der Waals surface area contributed by atoms with E-state index >= 15 is 0 Å². The fourth-order valence-corrected chi connectivity index (χ4v) is 1.84. The first kappa shape index (κ1) is 12.3. The summed E-state index contributed by atoms with van der Waals surface area (Å²) in [5, 5.41) is 3.46. The van der Waals surface area contributed by atoms with Crippen molar-refractivity contribution in [1.29, 1.82) is 0 Å². The second kappa shape index (κ2) is 5.45. The van der Waals surface area contributed by atoms with Crippen LogP contribution in [0.15, 0.2) is 12.4 Å². The molecule has 0 bridgehead atoms. The van der Waals surface area contributed by atoms with Gasteiger partial charge in [0.1, 0.15) is 5.82 Å². The summed E-state index contributed by atoms with van der Waals surface area (Å²) in [7, 11) is 2.07. The molecule has 0 unspecified atom stereocenters. The maximum absolute atomic E-state index is 4.63. The molecule has 1 aliphatic rings. The molecular formula is C13H22N4. The summed E-state index contributed by atoms with van der Waals surface area (Å²) in [6, 6.07) is 0.717. The van der Waals surface area contributed by atoms with Crippen LogP contribution < -0.4 is 10.2 Å². The van der Waals surface area contributed by atoms with E-state index in [4.69, 9.17) is 0 Å². The molecule has 0 spiro atoms. The molecule has 0 aliphatic heterocycles. The Morgan fingerprint density at radius 3 is 2.82 bits per heavy atom. The molecule has 94 valence electrons. The Balaban J connectivity index is 1.94. The molecule has 0 aromatic carbocycles. The average Bonchev–Trinajstić information content (AvgIpc) is 3.10. The minimum Gasteiger partial charge on any atom is -0.358 e. The normalized spacial score (nSPS) is 15.3. The van der Waals surface area contributed by atoms with E-state index in [9.17, 15) is 0 Å². The maximum Gasteiger partial charge on any atom is 0.147 e. The first-order chi connectivity index (χ1) is 8.15. The van der Waals surface area contributed by atoms with Crippen molar-refractivity contribution in [1.82, 2.24) is 15.3 Å². The lowest BCUT2D eigenvalue weighted by Crippen LogP contribution is -2.24. The van der Waals surface area contributed by atoms with Crippen LogP contribution in [0.5, 0.6) is 0 Å². The van der Waals surface area contributed by atoms with Gasteiger partial charge in [-0.05, 0) is 18.8 Å². The average molecular weight is 234 g/mol. The summed E-state index contributed by atoms with van der Waals surface area (Å²) in [6.07, 6.45) is 6.30. The highest BCUT2D eigenvalue weighted by Crippen LogP contribution is 2.19. The SMILES string of the molecule is CC(C)CN(C)c1cncc(CNC2CC2)n1. The van der Waals surface area contributed by atoms with E-state index in [1.54, 1.807) is 0 Å². The summed E-state index contributed by atoms with van der Waals surface area (Å²) in [6.45, 7) is 6.26. The topological polar surface area (TPSA) is 41.1 Å². The number of nitrogens with zero attached hydrogens (tertiary/aromatic N) is 3. The van der Waals surface area contributed by atoms with E-state index in [2.05, 4.69) is 41.1 Å². The van der Waals surface area contributed by atoms with Crippen LogP contribution in [0.25, 0.3) is 0 Å². The Morgan fingerprint density at radius 2 is 2.18 bits per heavy atom. The molecule has 1 aromatic heterocycles. The van der Waals surface area contributed by atoms with Gasteiger partial charge in [0.2, 0.25) is 0 Å². The van der Waals surface area contributed by atoms with Crippen molar-refractivity contribution in [2.45, 2.75) is 39.3 Å². The molecule has 1 N–H and O–H groups in total. The molecule has 1 fully saturated rings. The molecule has 2 rings (SSSR count). The highest BCUT2D eigenvalue weighted by molar-refractivity contribution is 5.35. The van der Waals surface area contributed by atoms with Gasteiger partial charge in [0.05, 0.1) is 11.9 Å². The van der Waals surface area contributed by atoms with Gasteiger partial charge in [0.15, 0.2) is 0 Å². The van der Waals surface area contributed by atoms with Crippen molar-refractivity contribution in [3.05, 3.63) is 18.1 Å². The molecular weight excluding hydrogens is 212 g/mol. The van der Waals surface area contributed by atoms with E-state index in [1.165, 1.54) is 12.8 Å². The first-order valence-corrected chi connectivity index (χ1v) is 6.40. The molecule has 4 nitrogen and oxygen atoms in total. The zero-order valence-electron chi connectivity index (χ0n) is 11.0. The Kier molecular flexibility index (Phi) is 3.94. The standard InChI is InChI=1S/C13H22N4/c1-10(2)9-17(3)13-8-14-6-12(16-13)7-15-11-4-5-11/h6,8,10-11,15H,4-5,7,9H2,1-3H3. The first-order valence-electron chi connectivity index (χ1n) is 6.40. The van der Waals surface area contributed by atoms with Crippen molar-refractivity contribution in [3.63, 3.8) is 0 Å². The predicted molar refractivity (Wildman–Crippen MR) is 70.0 cm³/mol. The quantitative estimate of drug-likeness (QED) is 0.815. The molecule has 4 heteroatoms. The van der Waals surface area contributed by atoms with Gasteiger partial charge in [0, 0.05) is 32.4 Å². The van der Waals surface area contributed by atoms with E-state index in [-0.39, 0.29) is 0 Å². The number of aromatic nitrogens is 2. The van der Waals surface area contributed by atoms with E-state index in [0.717, 1.165) is 24.6 Å². The smallest absolute Gasteiger partial charge is 0.147 e. The van der Waals surface area contributed by atoms with Crippen molar-refractivity contribution in [3.8, 4) is 0 Å². The Morgan fingerprint density at radius 1 is 1.41 bits per heavy atom. The van der Waals surface area contributed by atoms with Crippen LogP contribution in [0.2, 0.25) is 0 Å². The zero-order valence-corrected chi connectivity index (χ0v) is 11.0. The molecule has 1 aromatic rings. The summed E-state index contributed by atoms with van der Waals surface area (Å²) in [5.74, 6) is 1.60. The van der Waals surface area contributed by atoms with Gasteiger partial charge in [-0.15, -0.1) is 0 Å². The summed E-state index contributed by atoms with van der Waals surface area (Å²) < 4.78 is 0. The van der Waals surface area contributed by atoms with Crippen LogP contribution in [0.4, 0.5) is 5.82 Å². The van der Waals surface area contributed by atoms with Crippen LogP contribution >= 0.6 is 0 Å². The number of nitrogens with one attached hydrogen (secondary N) is 1. The molecule has 0 atom stereocenters. The van der Waals surface area contributed by atoms with Gasteiger partial charge < -0.3 is 10.2 Å². The van der Waals surface area contributed by atoms with Gasteiger partial charge in [-0.3, -0.25) is 4.98 Å². The molecule has 0 saturated heterocycles. The van der Waals surface area contributed by atoms with Gasteiger partial charge >= 0.3 is 0 Å². The maximum atomic E-state index is 4.63. The van der Waals surface area contributed by atoms with Crippen LogP contribution in [0.3, 0.4) is 0 Å². The second-order valence-corrected chi connectivity index (χ2v) is 5.30. The van der Waals surface area contributed by atoms with Gasteiger partial charge in [-0.2, -0.15) is 0 Å². The molecule has 0 radical (unpaired) electrons. The summed E-state index contributed by atoms with van der Waals surface area (Å²) in [4.78, 5) is 11.1. The number of hydrogen-bond acceptors (Lipinski definition) is 4. The van der Waals surface area contributed by atoms with Crippen molar-refractivity contribution in [2.24, 2.45) is 5.92 Å². The van der Waals surface area contributed by atoms with E-state index < -0.39 is 0 Å². The van der Waals surface area contributed by atoms with E-state index in [1.807, 2.05) is 12.4 Å². The Labute approximate surface area is 103 Å². The minimum absolute atomic E-state index is 0.634. The van der Waals surface area contributed by atoms with E-state index in [0.29, 0.717) is 12.0 Å². The molecule has 0 amide bonds. The lowest BCUT2D eigenvalue weighted by Gasteiger charge is -2.20. The van der Waals surface area contributed by atoms with Gasteiger partial charge in [0.25, 0.3) is 0 Å². The third-order valence-electron chi connectivity index (χ3n) is 2.85. The lowest BCUT2D eigenvalue weighted by atomic mass is 10.2. The number of rotatable bonds is 6. The van der Waals surface area contributed by atoms with Crippen LogP contribution in [0, 0.1) is 5.92 Å². The van der Waals surface area contributed by atoms with Gasteiger partial charge in [-0.25, -0.2) is 4.98 Å². The van der Waals surface area contributed by atoms with Crippen molar-refractivity contribution < 1.29 is 0 Å². The summed E-state index contributed by atoms with van der Waals surface area (Å²) >= 11 is 0. The minimum atomic E-state index is 0.634. The van der Waals surface area contributed by atoms with Crippen LogP contribution in [0.1, 0.15) is 32.4 Å². The zero-order chi connectivity index (χ0) is 12.3. The monoisotopic (exact) mass is 234 g/mol. The van der Waals surface area contributed by atoms with Crippen molar-refractivity contribution >= 4 is 5.82 Å². The fraction of sp³-hybridized carbons (Fsp3) is 0.692. The molecule has 17 heavy (non-hydrogen) atoms. The summed E-state index contributed by atoms with van der Waals surface area (Å²) in [5.41, 5.74) is 1.03. The fourth-order valence-electron chi connectivity index (χ4n) is 1.84. The highest BCUT2D eigenvalue weighted by Gasteiger charge is 2.20. The Bertz CT molecular complexity index is 360. The molecule has 1 saturated carbocycles. The third-order valence-corrected chi connectivity index (χ3v) is 2.85. The van der Waals surface area contributed by atoms with Crippen LogP contribution in [-0.4, -0.2) is 29.6 Å². The lowest BCUT2D eigenvalue weighted by molar-refractivity contribution is 0.629. The van der Waals surface area contributed by atoms with Crippen LogP contribution in [-0.2, 0) is 6.54 Å². The number of anilines is 1. The highest BCUT2D eigenvalue weighted by atomic mass is 15.2. The predicted octanol–water partition coefficient (Wildman–Crippen LogP) is 1.82. The second-order valence-electron chi connectivity index (χ2n) is 5.30.